The Hall–Kier alpha value is -1.93. The van der Waals surface area contributed by atoms with Crippen LogP contribution in [0.1, 0.15) is 60.8 Å². The lowest BCUT2D eigenvalue weighted by molar-refractivity contribution is -0.135. The van der Waals surface area contributed by atoms with Crippen molar-refractivity contribution in [1.82, 2.24) is 20.8 Å². The maximum Gasteiger partial charge on any atom is 0.272 e. The molecule has 1 aliphatic carbocycles. The maximum atomic E-state index is 12.2. The van der Waals surface area contributed by atoms with Gasteiger partial charge in [0.1, 0.15) is 0 Å². The van der Waals surface area contributed by atoms with E-state index in [9.17, 15) is 9.59 Å². The topological polar surface area (TPSA) is 105 Å². The molecule has 0 aromatic carbocycles. The second-order valence-electron chi connectivity index (χ2n) is 7.14. The number of nitrogens with zero attached hydrogens (tertiary/aromatic N) is 1. The first-order valence-electron chi connectivity index (χ1n) is 9.34. The van der Waals surface area contributed by atoms with Gasteiger partial charge in [-0.1, -0.05) is 6.92 Å². The molecule has 1 unspecified atom stereocenters. The highest BCUT2D eigenvalue weighted by Crippen LogP contribution is 2.37. The second-order valence-corrected chi connectivity index (χ2v) is 7.14. The Morgan fingerprint density at radius 3 is 2.85 bits per heavy atom. The van der Waals surface area contributed by atoms with Gasteiger partial charge in [0.05, 0.1) is 30.4 Å². The van der Waals surface area contributed by atoms with Crippen LogP contribution in [0.4, 0.5) is 0 Å². The highest BCUT2D eigenvalue weighted by Gasteiger charge is 2.39. The zero-order valence-corrected chi connectivity index (χ0v) is 15.5. The minimum absolute atomic E-state index is 0.0194. The molecular weight excluding hydrogens is 336 g/mol. The Morgan fingerprint density at radius 1 is 1.38 bits per heavy atom. The third kappa shape index (κ3) is 4.07. The minimum Gasteiger partial charge on any atom is -0.378 e. The first-order chi connectivity index (χ1) is 12.6. The molecule has 26 heavy (non-hydrogen) atoms. The van der Waals surface area contributed by atoms with Crippen molar-refractivity contribution < 1.29 is 19.1 Å². The number of carbonyl (C=O) groups excluding carboxylic acids is 2. The van der Waals surface area contributed by atoms with E-state index in [1.165, 1.54) is 0 Å². The van der Waals surface area contributed by atoms with E-state index in [0.29, 0.717) is 38.2 Å². The van der Waals surface area contributed by atoms with E-state index in [0.717, 1.165) is 36.9 Å². The van der Waals surface area contributed by atoms with Gasteiger partial charge in [-0.3, -0.25) is 14.7 Å². The van der Waals surface area contributed by atoms with Gasteiger partial charge in [0.25, 0.3) is 5.91 Å². The molecule has 0 bridgehead atoms. The van der Waals surface area contributed by atoms with Gasteiger partial charge in [0.15, 0.2) is 5.69 Å². The van der Waals surface area contributed by atoms with Gasteiger partial charge in [-0.05, 0) is 25.7 Å². The summed E-state index contributed by atoms with van der Waals surface area (Å²) in [6.07, 6.45) is 4.63. The van der Waals surface area contributed by atoms with Gasteiger partial charge < -0.3 is 20.1 Å². The molecule has 3 N–H and O–H groups in total. The Bertz CT molecular complexity index is 648. The third-order valence-corrected chi connectivity index (χ3v) is 5.31. The molecule has 8 heteroatoms. The molecule has 2 amide bonds. The summed E-state index contributed by atoms with van der Waals surface area (Å²) in [4.78, 5) is 24.4. The molecule has 2 aliphatic rings. The van der Waals surface area contributed by atoms with Crippen molar-refractivity contribution in [2.75, 3.05) is 20.2 Å². The van der Waals surface area contributed by atoms with Gasteiger partial charge in [-0.2, -0.15) is 5.10 Å². The summed E-state index contributed by atoms with van der Waals surface area (Å²) in [5, 5.41) is 12.8. The van der Waals surface area contributed by atoms with E-state index in [2.05, 4.69) is 20.8 Å². The number of methoxy groups -OCH3 is 1. The summed E-state index contributed by atoms with van der Waals surface area (Å²) < 4.78 is 11.3. The number of H-pyrrole nitrogens is 1. The van der Waals surface area contributed by atoms with Crippen molar-refractivity contribution in [3.63, 3.8) is 0 Å². The van der Waals surface area contributed by atoms with Gasteiger partial charge >= 0.3 is 0 Å². The molecule has 1 aliphatic heterocycles. The summed E-state index contributed by atoms with van der Waals surface area (Å²) in [5.74, 6) is -0.185. The summed E-state index contributed by atoms with van der Waals surface area (Å²) >= 11 is 0. The average molecular weight is 364 g/mol. The molecular formula is C18H28N4O4. The number of nitrogens with one attached hydrogen (secondary N) is 3. The molecule has 0 spiro atoms. The monoisotopic (exact) mass is 364 g/mol. The van der Waals surface area contributed by atoms with Crippen molar-refractivity contribution in [3.05, 3.63) is 17.0 Å². The van der Waals surface area contributed by atoms with Crippen LogP contribution in [0.15, 0.2) is 0 Å². The van der Waals surface area contributed by atoms with E-state index < -0.39 is 0 Å². The molecule has 0 radical (unpaired) electrons. The fourth-order valence-electron chi connectivity index (χ4n) is 3.48. The van der Waals surface area contributed by atoms with Crippen LogP contribution < -0.4 is 10.6 Å². The normalized spacial score (nSPS) is 20.8. The largest absolute Gasteiger partial charge is 0.378 e. The van der Waals surface area contributed by atoms with Crippen LogP contribution in [0, 0.1) is 0 Å². The van der Waals surface area contributed by atoms with Crippen LogP contribution in [-0.4, -0.2) is 53.9 Å². The maximum absolute atomic E-state index is 12.2. The predicted octanol–water partition coefficient (Wildman–Crippen LogP) is 1.07. The summed E-state index contributed by atoms with van der Waals surface area (Å²) in [6.45, 7) is 3.41. The standard InChI is InChI=1S/C18H28N4O4/c1-3-7-19-17(24)16-13-8-12(26-11-14(13)21-22-16)10-20-15(23)9-18(25-2)5-4-6-18/h12H,3-11H2,1-2H3,(H,19,24)(H,20,23)(H,21,22). The number of rotatable bonds is 8. The lowest BCUT2D eigenvalue weighted by Crippen LogP contribution is -2.45. The lowest BCUT2D eigenvalue weighted by Gasteiger charge is -2.40. The summed E-state index contributed by atoms with van der Waals surface area (Å²) in [7, 11) is 1.67. The zero-order chi connectivity index (χ0) is 18.6. The number of aromatic amines is 1. The number of hydrogen-bond acceptors (Lipinski definition) is 5. The zero-order valence-electron chi connectivity index (χ0n) is 15.5. The first-order valence-corrected chi connectivity index (χ1v) is 9.34. The molecule has 8 nitrogen and oxygen atoms in total. The Kier molecular flexibility index (Phi) is 5.93. The van der Waals surface area contributed by atoms with E-state index in [1.54, 1.807) is 7.11 Å². The molecule has 1 aromatic rings. The van der Waals surface area contributed by atoms with Gasteiger partial charge in [-0.15, -0.1) is 0 Å². The van der Waals surface area contributed by atoms with Crippen LogP contribution in [0.3, 0.4) is 0 Å². The molecule has 1 atom stereocenters. The fourth-order valence-corrected chi connectivity index (χ4v) is 3.48. The van der Waals surface area contributed by atoms with Crippen LogP contribution in [0.5, 0.6) is 0 Å². The van der Waals surface area contributed by atoms with Gasteiger partial charge in [0.2, 0.25) is 5.91 Å². The number of hydrogen-bond donors (Lipinski definition) is 3. The molecule has 144 valence electrons. The number of carbonyl (C=O) groups is 2. The molecule has 0 saturated heterocycles. The average Bonchev–Trinajstić information content (AvgIpc) is 3.04. The molecule has 1 fully saturated rings. The Labute approximate surface area is 153 Å². The smallest absolute Gasteiger partial charge is 0.272 e. The van der Waals surface area contributed by atoms with E-state index in [4.69, 9.17) is 9.47 Å². The quantitative estimate of drug-likeness (QED) is 0.640. The Morgan fingerprint density at radius 2 is 2.19 bits per heavy atom. The molecule has 1 aromatic heterocycles. The van der Waals surface area contributed by atoms with Gasteiger partial charge in [0, 0.05) is 32.2 Å². The predicted molar refractivity (Wildman–Crippen MR) is 94.7 cm³/mol. The van der Waals surface area contributed by atoms with Crippen molar-refractivity contribution in [2.24, 2.45) is 0 Å². The van der Waals surface area contributed by atoms with E-state index in [1.807, 2.05) is 6.92 Å². The SMILES string of the molecule is CCCNC(=O)c1n[nH]c2c1CC(CNC(=O)CC1(OC)CCC1)OC2. The first kappa shape index (κ1) is 18.8. The Balaban J connectivity index is 1.52. The third-order valence-electron chi connectivity index (χ3n) is 5.31. The number of fused-ring (bicyclic) bond motifs is 1. The molecule has 3 rings (SSSR count). The highest BCUT2D eigenvalue weighted by molar-refractivity contribution is 5.94. The minimum atomic E-state index is -0.278. The van der Waals surface area contributed by atoms with Crippen LogP contribution in [0.25, 0.3) is 0 Å². The van der Waals surface area contributed by atoms with Crippen molar-refractivity contribution in [3.8, 4) is 0 Å². The van der Waals surface area contributed by atoms with Crippen LogP contribution in [0.2, 0.25) is 0 Å². The van der Waals surface area contributed by atoms with Crippen molar-refractivity contribution >= 4 is 11.8 Å². The number of aromatic nitrogens is 2. The summed E-state index contributed by atoms with van der Waals surface area (Å²) in [6, 6.07) is 0. The fraction of sp³-hybridized carbons (Fsp3) is 0.722. The van der Waals surface area contributed by atoms with E-state index in [-0.39, 0.29) is 23.5 Å². The second kappa shape index (κ2) is 8.18. The molecule has 1 saturated carbocycles. The highest BCUT2D eigenvalue weighted by atomic mass is 16.5. The van der Waals surface area contributed by atoms with E-state index >= 15 is 0 Å². The number of ether oxygens (including phenoxy) is 2. The van der Waals surface area contributed by atoms with Gasteiger partial charge in [-0.25, -0.2) is 0 Å². The molecule has 2 heterocycles. The lowest BCUT2D eigenvalue weighted by atomic mass is 9.77. The summed E-state index contributed by atoms with van der Waals surface area (Å²) in [5.41, 5.74) is 1.87. The van der Waals surface area contributed by atoms with Crippen LogP contribution >= 0.6 is 0 Å². The van der Waals surface area contributed by atoms with Crippen molar-refractivity contribution in [2.45, 2.75) is 63.8 Å². The van der Waals surface area contributed by atoms with Crippen molar-refractivity contribution in [1.29, 1.82) is 0 Å². The van der Waals surface area contributed by atoms with Crippen LogP contribution in [-0.2, 0) is 27.3 Å². The number of amides is 2.